The number of aliphatic hydroxyl groups excluding tert-OH is 1. The van der Waals surface area contributed by atoms with Gasteiger partial charge in [-0.3, -0.25) is 4.79 Å². The summed E-state index contributed by atoms with van der Waals surface area (Å²) < 4.78 is 5.50. The number of hydrogen-bond donors (Lipinski definition) is 2. The van der Waals surface area contributed by atoms with Gasteiger partial charge in [-0.25, -0.2) is 0 Å². The second kappa shape index (κ2) is 6.14. The first kappa shape index (κ1) is 14.0. The lowest BCUT2D eigenvalue weighted by atomic mass is 10.1. The smallest absolute Gasteiger partial charge is 0.256 e. The first-order valence-corrected chi connectivity index (χ1v) is 6.48. The van der Waals surface area contributed by atoms with Gasteiger partial charge in [0.15, 0.2) is 6.10 Å². The van der Waals surface area contributed by atoms with Crippen molar-refractivity contribution in [2.24, 2.45) is 5.73 Å². The number of morpholine rings is 1. The van der Waals surface area contributed by atoms with E-state index in [2.05, 4.69) is 0 Å². The average Bonchev–Trinajstić information content (AvgIpc) is 2.46. The number of nitrogens with two attached hydrogens (primary N) is 1. The molecule has 1 aliphatic rings. The molecular weight excluding hydrogens is 244 g/mol. The molecule has 1 saturated heterocycles. The Balaban J connectivity index is 2.03. The number of benzene rings is 1. The molecule has 0 saturated carbocycles. The molecule has 0 aromatic heterocycles. The van der Waals surface area contributed by atoms with Crippen LogP contribution in [0.25, 0.3) is 0 Å². The van der Waals surface area contributed by atoms with Gasteiger partial charge in [-0.2, -0.15) is 0 Å². The van der Waals surface area contributed by atoms with E-state index in [1.165, 1.54) is 0 Å². The summed E-state index contributed by atoms with van der Waals surface area (Å²) in [6.07, 6.45) is -1.28. The molecule has 2 rings (SSSR count). The lowest BCUT2D eigenvalue weighted by molar-refractivity contribution is -0.148. The maximum atomic E-state index is 12.2. The third-order valence-corrected chi connectivity index (χ3v) is 3.34. The van der Waals surface area contributed by atoms with Gasteiger partial charge < -0.3 is 20.5 Å². The van der Waals surface area contributed by atoms with Crippen molar-refractivity contribution in [3.63, 3.8) is 0 Å². The van der Waals surface area contributed by atoms with Crippen LogP contribution < -0.4 is 5.73 Å². The van der Waals surface area contributed by atoms with E-state index in [-0.39, 0.29) is 18.1 Å². The molecule has 0 bridgehead atoms. The molecule has 0 aliphatic carbocycles. The minimum absolute atomic E-state index is 0.135. The number of amides is 1. The van der Waals surface area contributed by atoms with E-state index in [0.29, 0.717) is 25.3 Å². The summed E-state index contributed by atoms with van der Waals surface area (Å²) in [5.41, 5.74) is 6.40. The molecule has 1 heterocycles. The number of carbonyl (C=O) groups is 1. The lowest BCUT2D eigenvalue weighted by Crippen LogP contribution is -2.52. The number of hydrogen-bond acceptors (Lipinski definition) is 4. The molecule has 1 aliphatic heterocycles. The Morgan fingerprint density at radius 1 is 1.47 bits per heavy atom. The van der Waals surface area contributed by atoms with Crippen LogP contribution >= 0.6 is 0 Å². The highest BCUT2D eigenvalue weighted by atomic mass is 16.5. The van der Waals surface area contributed by atoms with Crippen LogP contribution in [-0.4, -0.2) is 47.8 Å². The fourth-order valence-electron chi connectivity index (χ4n) is 2.14. The second-order valence-corrected chi connectivity index (χ2v) is 4.87. The van der Waals surface area contributed by atoms with Crippen LogP contribution in [0.15, 0.2) is 30.3 Å². The average molecular weight is 264 g/mol. The molecular formula is C14H20N2O3. The highest BCUT2D eigenvalue weighted by molar-refractivity contribution is 5.82. The third-order valence-electron chi connectivity index (χ3n) is 3.34. The number of nitrogens with zero attached hydrogens (tertiary/aromatic N) is 1. The third kappa shape index (κ3) is 3.32. The Hall–Kier alpha value is -1.43. The van der Waals surface area contributed by atoms with E-state index < -0.39 is 6.10 Å². The van der Waals surface area contributed by atoms with E-state index in [1.807, 2.05) is 13.0 Å². The summed E-state index contributed by atoms with van der Waals surface area (Å²) in [4.78, 5) is 13.9. The molecule has 0 spiro atoms. The van der Waals surface area contributed by atoms with E-state index >= 15 is 0 Å². The monoisotopic (exact) mass is 264 g/mol. The van der Waals surface area contributed by atoms with Gasteiger partial charge in [0.05, 0.1) is 12.7 Å². The van der Waals surface area contributed by atoms with Gasteiger partial charge in [0.2, 0.25) is 0 Å². The van der Waals surface area contributed by atoms with Crippen LogP contribution in [0.2, 0.25) is 0 Å². The van der Waals surface area contributed by atoms with E-state index in [4.69, 9.17) is 10.5 Å². The van der Waals surface area contributed by atoms with Gasteiger partial charge in [0, 0.05) is 19.1 Å². The number of carbonyl (C=O) groups excluding carboxylic acids is 1. The van der Waals surface area contributed by atoms with E-state index in [9.17, 15) is 9.90 Å². The quantitative estimate of drug-likeness (QED) is 0.823. The minimum atomic E-state index is -1.12. The largest absolute Gasteiger partial charge is 0.378 e. The molecule has 3 N–H and O–H groups in total. The van der Waals surface area contributed by atoms with Crippen molar-refractivity contribution in [2.75, 3.05) is 19.7 Å². The molecule has 104 valence electrons. The number of ether oxygens (including phenoxy) is 1. The van der Waals surface area contributed by atoms with E-state index in [0.717, 1.165) is 0 Å². The van der Waals surface area contributed by atoms with Crippen LogP contribution in [0, 0.1) is 0 Å². The Labute approximate surface area is 113 Å². The zero-order valence-electron chi connectivity index (χ0n) is 11.0. The number of aliphatic hydroxyl groups is 1. The van der Waals surface area contributed by atoms with Gasteiger partial charge in [-0.05, 0) is 12.5 Å². The standard InChI is InChI=1S/C14H20N2O3/c1-10(15)12-9-16(7-8-19-12)14(18)13(17)11-5-3-2-4-6-11/h2-6,10,12-13,17H,7-9,15H2,1H3. The molecule has 5 nitrogen and oxygen atoms in total. The topological polar surface area (TPSA) is 75.8 Å². The Bertz CT molecular complexity index is 422. The Morgan fingerprint density at radius 2 is 2.16 bits per heavy atom. The lowest BCUT2D eigenvalue weighted by Gasteiger charge is -2.35. The van der Waals surface area contributed by atoms with Crippen molar-refractivity contribution in [3.8, 4) is 0 Å². The predicted molar refractivity (Wildman–Crippen MR) is 71.4 cm³/mol. The van der Waals surface area contributed by atoms with Crippen LogP contribution in [0.5, 0.6) is 0 Å². The van der Waals surface area contributed by atoms with Crippen molar-refractivity contribution in [2.45, 2.75) is 25.2 Å². The van der Waals surface area contributed by atoms with Gasteiger partial charge in [-0.15, -0.1) is 0 Å². The van der Waals surface area contributed by atoms with Gasteiger partial charge in [0.25, 0.3) is 5.91 Å². The summed E-state index contributed by atoms with van der Waals surface area (Å²) in [7, 11) is 0. The number of rotatable bonds is 3. The summed E-state index contributed by atoms with van der Waals surface area (Å²) in [5, 5.41) is 10.1. The zero-order valence-corrected chi connectivity index (χ0v) is 11.0. The normalized spacial score (nSPS) is 22.9. The zero-order chi connectivity index (χ0) is 13.8. The predicted octanol–water partition coefficient (Wildman–Crippen LogP) is 0.295. The maximum Gasteiger partial charge on any atom is 0.256 e. The van der Waals surface area contributed by atoms with E-state index in [1.54, 1.807) is 29.2 Å². The van der Waals surface area contributed by atoms with Gasteiger partial charge in [0.1, 0.15) is 0 Å². The first-order chi connectivity index (χ1) is 9.09. The molecule has 3 atom stereocenters. The molecule has 1 fully saturated rings. The second-order valence-electron chi connectivity index (χ2n) is 4.87. The fraction of sp³-hybridized carbons (Fsp3) is 0.500. The highest BCUT2D eigenvalue weighted by Gasteiger charge is 2.30. The van der Waals surface area contributed by atoms with Gasteiger partial charge >= 0.3 is 0 Å². The Kier molecular flexibility index (Phi) is 4.52. The summed E-state index contributed by atoms with van der Waals surface area (Å²) >= 11 is 0. The first-order valence-electron chi connectivity index (χ1n) is 6.48. The molecule has 1 aromatic carbocycles. The summed E-state index contributed by atoms with van der Waals surface area (Å²) in [6, 6.07) is 8.80. The van der Waals surface area contributed by atoms with Crippen molar-refractivity contribution in [1.29, 1.82) is 0 Å². The minimum Gasteiger partial charge on any atom is -0.378 e. The molecule has 3 unspecified atom stereocenters. The van der Waals surface area contributed by atoms with Crippen LogP contribution in [0.3, 0.4) is 0 Å². The maximum absolute atomic E-state index is 12.2. The highest BCUT2D eigenvalue weighted by Crippen LogP contribution is 2.17. The molecule has 1 aromatic rings. The SMILES string of the molecule is CC(N)C1CN(C(=O)C(O)c2ccccc2)CCO1. The molecule has 19 heavy (non-hydrogen) atoms. The van der Waals surface area contributed by atoms with Crippen LogP contribution in [-0.2, 0) is 9.53 Å². The van der Waals surface area contributed by atoms with Crippen molar-refractivity contribution in [1.82, 2.24) is 4.90 Å². The molecule has 5 heteroatoms. The Morgan fingerprint density at radius 3 is 2.79 bits per heavy atom. The van der Waals surface area contributed by atoms with Crippen molar-refractivity contribution in [3.05, 3.63) is 35.9 Å². The summed E-state index contributed by atoms with van der Waals surface area (Å²) in [6.45, 7) is 3.23. The fourth-order valence-corrected chi connectivity index (χ4v) is 2.14. The van der Waals surface area contributed by atoms with Crippen LogP contribution in [0.1, 0.15) is 18.6 Å². The molecule has 1 amide bonds. The van der Waals surface area contributed by atoms with Crippen LogP contribution in [0.4, 0.5) is 0 Å². The summed E-state index contributed by atoms with van der Waals surface area (Å²) in [5.74, 6) is -0.292. The van der Waals surface area contributed by atoms with Gasteiger partial charge in [-0.1, -0.05) is 30.3 Å². The van der Waals surface area contributed by atoms with Crippen molar-refractivity contribution < 1.29 is 14.6 Å². The molecule has 0 radical (unpaired) electrons. The van der Waals surface area contributed by atoms with Crippen molar-refractivity contribution >= 4 is 5.91 Å².